The third-order valence-electron chi connectivity index (χ3n) is 2.18. The molecular formula is C9H12N2S. The summed E-state index contributed by atoms with van der Waals surface area (Å²) in [5, 5.41) is 0. The summed E-state index contributed by atoms with van der Waals surface area (Å²) in [5.74, 6) is 0. The van der Waals surface area contributed by atoms with E-state index in [-0.39, 0.29) is 0 Å². The van der Waals surface area contributed by atoms with Crippen molar-refractivity contribution in [3.8, 4) is 0 Å². The molecule has 1 fully saturated rings. The summed E-state index contributed by atoms with van der Waals surface area (Å²) in [4.78, 5) is 7.41. The van der Waals surface area contributed by atoms with Crippen molar-refractivity contribution < 1.29 is 0 Å². The maximum Gasteiger partial charge on any atom is 0.0563 e. The topological polar surface area (TPSA) is 16.1 Å². The van der Waals surface area contributed by atoms with E-state index in [9.17, 15) is 0 Å². The van der Waals surface area contributed by atoms with Crippen molar-refractivity contribution in [2.24, 2.45) is 0 Å². The van der Waals surface area contributed by atoms with Gasteiger partial charge in [-0.3, -0.25) is 4.98 Å². The first-order valence-corrected chi connectivity index (χ1v) is 4.70. The molecule has 2 rings (SSSR count). The first kappa shape index (κ1) is 7.92. The lowest BCUT2D eigenvalue weighted by Crippen LogP contribution is -2.17. The lowest BCUT2D eigenvalue weighted by molar-refractivity contribution is 0.949. The SMILES string of the molecule is Sc1cncc(N2CCCC2)c1. The molecule has 0 aromatic carbocycles. The fourth-order valence-electron chi connectivity index (χ4n) is 1.56. The molecule has 1 aliphatic heterocycles. The Morgan fingerprint density at radius 3 is 2.67 bits per heavy atom. The van der Waals surface area contributed by atoms with Crippen LogP contribution in [-0.4, -0.2) is 18.1 Å². The highest BCUT2D eigenvalue weighted by Gasteiger charge is 2.11. The molecule has 0 saturated carbocycles. The van der Waals surface area contributed by atoms with Crippen molar-refractivity contribution in [3.05, 3.63) is 18.5 Å². The van der Waals surface area contributed by atoms with Gasteiger partial charge in [-0.15, -0.1) is 12.6 Å². The number of hydrogen-bond acceptors (Lipinski definition) is 3. The predicted molar refractivity (Wildman–Crippen MR) is 52.9 cm³/mol. The molecule has 12 heavy (non-hydrogen) atoms. The number of thiol groups is 1. The molecule has 0 aliphatic carbocycles. The van der Waals surface area contributed by atoms with E-state index in [0.29, 0.717) is 0 Å². The molecule has 1 aliphatic rings. The number of nitrogens with zero attached hydrogens (tertiary/aromatic N) is 2. The smallest absolute Gasteiger partial charge is 0.0563 e. The van der Waals surface area contributed by atoms with Crippen LogP contribution in [0.3, 0.4) is 0 Å². The fraction of sp³-hybridized carbons (Fsp3) is 0.444. The Morgan fingerprint density at radius 1 is 1.25 bits per heavy atom. The van der Waals surface area contributed by atoms with Crippen LogP contribution in [0.4, 0.5) is 5.69 Å². The van der Waals surface area contributed by atoms with Crippen molar-refractivity contribution in [2.45, 2.75) is 17.7 Å². The second-order valence-corrected chi connectivity index (χ2v) is 3.61. The number of aromatic nitrogens is 1. The minimum atomic E-state index is 0.944. The van der Waals surface area contributed by atoms with Crippen LogP contribution in [0.1, 0.15) is 12.8 Å². The number of rotatable bonds is 1. The molecule has 3 heteroatoms. The maximum absolute atomic E-state index is 4.26. The van der Waals surface area contributed by atoms with E-state index >= 15 is 0 Å². The molecule has 0 spiro atoms. The van der Waals surface area contributed by atoms with Gasteiger partial charge in [-0.25, -0.2) is 0 Å². The summed E-state index contributed by atoms with van der Waals surface area (Å²) >= 11 is 4.26. The Hall–Kier alpha value is -0.700. The highest BCUT2D eigenvalue weighted by atomic mass is 32.1. The molecule has 1 aromatic heterocycles. The highest BCUT2D eigenvalue weighted by molar-refractivity contribution is 7.80. The van der Waals surface area contributed by atoms with Gasteiger partial charge in [-0.05, 0) is 18.9 Å². The van der Waals surface area contributed by atoms with E-state index in [2.05, 4.69) is 28.6 Å². The molecule has 1 saturated heterocycles. The van der Waals surface area contributed by atoms with E-state index < -0.39 is 0 Å². The molecule has 0 atom stereocenters. The van der Waals surface area contributed by atoms with Crippen molar-refractivity contribution in [1.82, 2.24) is 4.98 Å². The molecule has 2 heterocycles. The summed E-state index contributed by atoms with van der Waals surface area (Å²) in [6, 6.07) is 2.07. The number of anilines is 1. The molecule has 0 N–H and O–H groups in total. The summed E-state index contributed by atoms with van der Waals surface area (Å²) in [6.45, 7) is 2.33. The van der Waals surface area contributed by atoms with Gasteiger partial charge in [0.15, 0.2) is 0 Å². The summed E-state index contributed by atoms with van der Waals surface area (Å²) in [6.07, 6.45) is 6.28. The van der Waals surface area contributed by atoms with E-state index in [1.54, 1.807) is 6.20 Å². The average Bonchev–Trinajstić information content (AvgIpc) is 2.56. The third kappa shape index (κ3) is 1.55. The van der Waals surface area contributed by atoms with Gasteiger partial charge in [-0.2, -0.15) is 0 Å². The van der Waals surface area contributed by atoms with E-state index in [1.165, 1.54) is 31.6 Å². The summed E-state index contributed by atoms with van der Waals surface area (Å²) in [7, 11) is 0. The Balaban J connectivity index is 2.21. The normalized spacial score (nSPS) is 16.9. The predicted octanol–water partition coefficient (Wildman–Crippen LogP) is 1.97. The molecule has 0 unspecified atom stereocenters. The van der Waals surface area contributed by atoms with Crippen LogP contribution >= 0.6 is 12.6 Å². The number of pyridine rings is 1. The lowest BCUT2D eigenvalue weighted by Gasteiger charge is -2.16. The standard InChI is InChI=1S/C9H12N2S/c12-9-5-8(6-10-7-9)11-3-1-2-4-11/h5-7,12H,1-4H2. The molecule has 0 bridgehead atoms. The maximum atomic E-state index is 4.26. The van der Waals surface area contributed by atoms with Gasteiger partial charge in [-0.1, -0.05) is 0 Å². The van der Waals surface area contributed by atoms with Gasteiger partial charge < -0.3 is 4.90 Å². The van der Waals surface area contributed by atoms with Gasteiger partial charge in [0, 0.05) is 24.2 Å². The van der Waals surface area contributed by atoms with Crippen LogP contribution in [0.15, 0.2) is 23.4 Å². The Kier molecular flexibility index (Phi) is 2.21. The van der Waals surface area contributed by atoms with Gasteiger partial charge >= 0.3 is 0 Å². The summed E-state index contributed by atoms with van der Waals surface area (Å²) < 4.78 is 0. The van der Waals surface area contributed by atoms with Crippen molar-refractivity contribution in [3.63, 3.8) is 0 Å². The summed E-state index contributed by atoms with van der Waals surface area (Å²) in [5.41, 5.74) is 1.21. The quantitative estimate of drug-likeness (QED) is 0.665. The lowest BCUT2D eigenvalue weighted by atomic mass is 10.4. The Bertz CT molecular complexity index is 269. The second kappa shape index (κ2) is 3.35. The van der Waals surface area contributed by atoms with Crippen LogP contribution in [0.2, 0.25) is 0 Å². The van der Waals surface area contributed by atoms with Gasteiger partial charge in [0.1, 0.15) is 0 Å². The average molecular weight is 180 g/mol. The molecule has 0 radical (unpaired) electrons. The molecule has 1 aromatic rings. The van der Waals surface area contributed by atoms with Crippen molar-refractivity contribution >= 4 is 18.3 Å². The highest BCUT2D eigenvalue weighted by Crippen LogP contribution is 2.20. The van der Waals surface area contributed by atoms with Crippen molar-refractivity contribution in [2.75, 3.05) is 18.0 Å². The van der Waals surface area contributed by atoms with Gasteiger partial charge in [0.25, 0.3) is 0 Å². The van der Waals surface area contributed by atoms with Crippen LogP contribution in [-0.2, 0) is 0 Å². The minimum absolute atomic E-state index is 0.944. The first-order valence-electron chi connectivity index (χ1n) is 4.25. The zero-order valence-electron chi connectivity index (χ0n) is 6.90. The molecule has 64 valence electrons. The molecule has 2 nitrogen and oxygen atoms in total. The molecular weight excluding hydrogens is 168 g/mol. The van der Waals surface area contributed by atoms with Crippen LogP contribution in [0.5, 0.6) is 0 Å². The monoisotopic (exact) mass is 180 g/mol. The van der Waals surface area contributed by atoms with Crippen molar-refractivity contribution in [1.29, 1.82) is 0 Å². The fourth-order valence-corrected chi connectivity index (χ4v) is 1.76. The minimum Gasteiger partial charge on any atom is -0.370 e. The van der Waals surface area contributed by atoms with Gasteiger partial charge in [0.05, 0.1) is 11.9 Å². The van der Waals surface area contributed by atoms with E-state index in [1.807, 2.05) is 6.20 Å². The Morgan fingerprint density at radius 2 is 2.00 bits per heavy atom. The zero-order chi connectivity index (χ0) is 8.39. The van der Waals surface area contributed by atoms with Crippen LogP contribution in [0, 0.1) is 0 Å². The first-order chi connectivity index (χ1) is 5.86. The van der Waals surface area contributed by atoms with Crippen LogP contribution < -0.4 is 4.90 Å². The van der Waals surface area contributed by atoms with Crippen LogP contribution in [0.25, 0.3) is 0 Å². The zero-order valence-corrected chi connectivity index (χ0v) is 7.80. The van der Waals surface area contributed by atoms with E-state index in [0.717, 1.165) is 4.90 Å². The van der Waals surface area contributed by atoms with Gasteiger partial charge in [0.2, 0.25) is 0 Å². The number of hydrogen-bond donors (Lipinski definition) is 1. The van der Waals surface area contributed by atoms with E-state index in [4.69, 9.17) is 0 Å². The second-order valence-electron chi connectivity index (χ2n) is 3.10. The third-order valence-corrected chi connectivity index (χ3v) is 2.43. The Labute approximate surface area is 78.0 Å². The largest absolute Gasteiger partial charge is 0.370 e. The molecule has 0 amide bonds.